The van der Waals surface area contributed by atoms with Gasteiger partial charge in [0, 0.05) is 31.5 Å². The van der Waals surface area contributed by atoms with Gasteiger partial charge in [-0.1, -0.05) is 138 Å². The molecule has 7 nitrogen and oxygen atoms in total. The number of Topliss-reactive ketones (excluding diaryl/α,β-unsaturated/α-hetero) is 1. The lowest BCUT2D eigenvalue weighted by molar-refractivity contribution is -0.140. The molecule has 0 saturated heterocycles. The van der Waals surface area contributed by atoms with Crippen molar-refractivity contribution in [3.63, 3.8) is 0 Å². The van der Waals surface area contributed by atoms with Crippen LogP contribution in [0.25, 0.3) is 11.1 Å². The number of nitrogens with zero attached hydrogens (tertiary/aromatic N) is 2. The number of amides is 2. The maximum Gasteiger partial charge on any atom is 0.410 e. The average molecular weight is 742 g/mol. The molecule has 5 aromatic carbocycles. The Morgan fingerprint density at radius 2 is 1.28 bits per heavy atom. The van der Waals surface area contributed by atoms with Crippen molar-refractivity contribution in [3.05, 3.63) is 166 Å². The molecule has 3 atom stereocenters. The second kappa shape index (κ2) is 16.8. The Bertz CT molecular complexity index is 2060. The normalized spacial score (nSPS) is 14.3. The fraction of sp³-hybridized carbons (Fsp3) is 0.283. The predicted octanol–water partition coefficient (Wildman–Crippen LogP) is 9.00. The van der Waals surface area contributed by atoms with Crippen LogP contribution in [0.2, 0.25) is 5.02 Å². The van der Waals surface area contributed by atoms with Crippen molar-refractivity contribution in [2.45, 2.75) is 57.2 Å². The maximum atomic E-state index is 13.6. The summed E-state index contributed by atoms with van der Waals surface area (Å²) >= 11 is 6.90. The first-order valence-corrected chi connectivity index (χ1v) is 18.9. The molecule has 0 bridgehead atoms. The quantitative estimate of drug-likeness (QED) is 0.0909. The third kappa shape index (κ3) is 7.70. The molecule has 1 aliphatic rings. The third-order valence-electron chi connectivity index (χ3n) is 10.9. The summed E-state index contributed by atoms with van der Waals surface area (Å²) in [6.45, 7) is 6.11. The lowest BCUT2D eigenvalue weighted by Gasteiger charge is -2.38. The molecule has 1 N–H and O–H groups in total. The number of benzene rings is 5. The molecule has 54 heavy (non-hydrogen) atoms. The van der Waals surface area contributed by atoms with Gasteiger partial charge in [-0.15, -0.1) is 0 Å². The van der Waals surface area contributed by atoms with E-state index in [9.17, 15) is 14.4 Å². The zero-order valence-corrected chi connectivity index (χ0v) is 32.3. The highest BCUT2D eigenvalue weighted by atomic mass is 35.5. The molecule has 2 amide bonds. The summed E-state index contributed by atoms with van der Waals surface area (Å²) in [6.07, 6.45) is 0.194. The fourth-order valence-corrected chi connectivity index (χ4v) is 7.78. The first-order chi connectivity index (χ1) is 26.0. The molecule has 1 unspecified atom stereocenters. The second-order valence-corrected chi connectivity index (χ2v) is 14.6. The molecule has 1 aliphatic carbocycles. The highest BCUT2D eigenvalue weighted by molar-refractivity contribution is 6.31. The zero-order valence-electron chi connectivity index (χ0n) is 31.6. The zero-order chi connectivity index (χ0) is 38.4. The molecule has 5 aromatic rings. The van der Waals surface area contributed by atoms with E-state index in [0.717, 1.165) is 44.5 Å². The number of nitrogens with one attached hydrogen (secondary N) is 1. The van der Waals surface area contributed by atoms with E-state index in [1.54, 1.807) is 27.9 Å². The second-order valence-electron chi connectivity index (χ2n) is 14.2. The molecule has 0 spiro atoms. The average Bonchev–Trinajstić information content (AvgIpc) is 3.53. The number of hydrogen-bond acceptors (Lipinski definition) is 5. The van der Waals surface area contributed by atoms with Crippen LogP contribution in [0.15, 0.2) is 127 Å². The Morgan fingerprint density at radius 1 is 0.722 bits per heavy atom. The molecule has 0 aromatic heterocycles. The summed E-state index contributed by atoms with van der Waals surface area (Å²) in [5.41, 5.74) is 7.88. The molecular formula is C46H48ClN3O4. The summed E-state index contributed by atoms with van der Waals surface area (Å²) in [5, 5.41) is 4.44. The van der Waals surface area contributed by atoms with Crippen LogP contribution in [-0.4, -0.2) is 66.9 Å². The van der Waals surface area contributed by atoms with Gasteiger partial charge in [-0.25, -0.2) is 4.79 Å². The van der Waals surface area contributed by atoms with Crippen molar-refractivity contribution in [3.8, 4) is 11.1 Å². The van der Waals surface area contributed by atoms with Gasteiger partial charge in [0.25, 0.3) is 0 Å². The van der Waals surface area contributed by atoms with Gasteiger partial charge in [0.2, 0.25) is 5.91 Å². The van der Waals surface area contributed by atoms with E-state index < -0.39 is 23.7 Å². The Morgan fingerprint density at radius 3 is 1.91 bits per heavy atom. The molecule has 0 fully saturated rings. The largest absolute Gasteiger partial charge is 0.448 e. The number of carbonyl (C=O) groups excluding carboxylic acids is 3. The van der Waals surface area contributed by atoms with E-state index in [0.29, 0.717) is 18.0 Å². The van der Waals surface area contributed by atoms with Crippen molar-refractivity contribution >= 4 is 29.4 Å². The SMILES string of the molecule is Cc1ccc(C(NCCCC(=O)[C@@H](C)N(C)C(=O)[C@@H](C)N(C)C(=O)OCC2c3ccccc3-c3ccccc32)(c2ccccc2)c2ccccc2Cl)cc1. The number of fused-ring (bicyclic) bond motifs is 3. The number of rotatable bonds is 14. The van der Waals surface area contributed by atoms with Crippen LogP contribution in [0.1, 0.15) is 66.0 Å². The molecular weight excluding hydrogens is 694 g/mol. The highest BCUT2D eigenvalue weighted by Crippen LogP contribution is 2.45. The van der Waals surface area contributed by atoms with E-state index >= 15 is 0 Å². The number of hydrogen-bond donors (Lipinski definition) is 1. The van der Waals surface area contributed by atoms with E-state index in [4.69, 9.17) is 16.3 Å². The van der Waals surface area contributed by atoms with Gasteiger partial charge in [-0.3, -0.25) is 19.8 Å². The minimum atomic E-state index is -0.834. The number of likely N-dealkylation sites (N-methyl/N-ethyl adjacent to an activating group) is 2. The van der Waals surface area contributed by atoms with Gasteiger partial charge in [0.15, 0.2) is 5.78 Å². The molecule has 0 heterocycles. The topological polar surface area (TPSA) is 79.0 Å². The van der Waals surface area contributed by atoms with Crippen LogP contribution in [-0.2, 0) is 19.9 Å². The highest BCUT2D eigenvalue weighted by Gasteiger charge is 2.38. The smallest absolute Gasteiger partial charge is 0.410 e. The molecule has 0 radical (unpaired) electrons. The van der Waals surface area contributed by atoms with Gasteiger partial charge in [-0.2, -0.15) is 0 Å². The van der Waals surface area contributed by atoms with Crippen LogP contribution >= 0.6 is 11.6 Å². The lowest BCUT2D eigenvalue weighted by atomic mass is 9.76. The number of carbonyl (C=O) groups is 3. The molecule has 8 heteroatoms. The Labute approximate surface area is 323 Å². The van der Waals surface area contributed by atoms with E-state index in [2.05, 4.69) is 72.9 Å². The first-order valence-electron chi connectivity index (χ1n) is 18.5. The Kier molecular flexibility index (Phi) is 12.0. The van der Waals surface area contributed by atoms with Gasteiger partial charge in [-0.05, 0) is 78.7 Å². The monoisotopic (exact) mass is 741 g/mol. The first kappa shape index (κ1) is 38.5. The standard InChI is InChI=1S/C46H48ClN3O4/c1-31-25-27-35(28-26-31)46(34-16-7-6-8-17-34,41-22-13-14-23-42(41)47)48-29-15-24-43(51)32(2)49(4)44(52)33(3)50(5)45(53)54-30-40-38-20-11-9-18-36(38)37-19-10-12-21-39(37)40/h6-14,16-23,25-28,32-33,40,48H,15,24,29-30H2,1-5H3/t32-,33-,46?/m1/s1. The van der Waals surface area contributed by atoms with E-state index in [1.165, 1.54) is 9.80 Å². The van der Waals surface area contributed by atoms with Gasteiger partial charge in [0.1, 0.15) is 12.6 Å². The Hall–Kier alpha value is -5.24. The van der Waals surface area contributed by atoms with Crippen molar-refractivity contribution in [1.82, 2.24) is 15.1 Å². The molecule has 6 rings (SSSR count). The van der Waals surface area contributed by atoms with Gasteiger partial charge < -0.3 is 9.64 Å². The van der Waals surface area contributed by atoms with Crippen LogP contribution in [0, 0.1) is 6.92 Å². The summed E-state index contributed by atoms with van der Waals surface area (Å²) in [5.74, 6) is -0.497. The molecule has 0 saturated carbocycles. The van der Waals surface area contributed by atoms with Crippen molar-refractivity contribution < 1.29 is 19.1 Å². The van der Waals surface area contributed by atoms with Crippen LogP contribution in [0.3, 0.4) is 0 Å². The number of aryl methyl sites for hydroxylation is 1. The van der Waals surface area contributed by atoms with Crippen molar-refractivity contribution in [2.75, 3.05) is 27.2 Å². The molecule has 0 aliphatic heterocycles. The lowest BCUT2D eigenvalue weighted by Crippen LogP contribution is -2.51. The van der Waals surface area contributed by atoms with Crippen LogP contribution < -0.4 is 5.32 Å². The van der Waals surface area contributed by atoms with Crippen LogP contribution in [0.5, 0.6) is 0 Å². The number of ketones is 1. The van der Waals surface area contributed by atoms with Gasteiger partial charge in [0.05, 0.1) is 11.6 Å². The third-order valence-corrected chi connectivity index (χ3v) is 11.2. The number of ether oxygens (including phenoxy) is 1. The van der Waals surface area contributed by atoms with Crippen molar-refractivity contribution in [1.29, 1.82) is 0 Å². The maximum absolute atomic E-state index is 13.6. The van der Waals surface area contributed by atoms with Gasteiger partial charge >= 0.3 is 6.09 Å². The minimum absolute atomic E-state index is 0.0676. The minimum Gasteiger partial charge on any atom is -0.448 e. The van der Waals surface area contributed by atoms with Crippen LogP contribution in [0.4, 0.5) is 4.79 Å². The summed E-state index contributed by atoms with van der Waals surface area (Å²) in [7, 11) is 3.17. The predicted molar refractivity (Wildman–Crippen MR) is 216 cm³/mol. The Balaban J connectivity index is 1.07. The summed E-state index contributed by atoms with van der Waals surface area (Å²) < 4.78 is 5.80. The number of halogens is 1. The summed E-state index contributed by atoms with van der Waals surface area (Å²) in [4.78, 5) is 43.1. The van der Waals surface area contributed by atoms with Crippen molar-refractivity contribution in [2.24, 2.45) is 0 Å². The summed E-state index contributed by atoms with van der Waals surface area (Å²) in [6, 6.07) is 41.2. The molecule has 278 valence electrons. The van der Waals surface area contributed by atoms with E-state index in [-0.39, 0.29) is 30.6 Å². The van der Waals surface area contributed by atoms with E-state index in [1.807, 2.05) is 66.7 Å². The fourth-order valence-electron chi connectivity index (χ4n) is 7.50.